The third-order valence-electron chi connectivity index (χ3n) is 4.27. The van der Waals surface area contributed by atoms with E-state index in [1.807, 2.05) is 0 Å². The summed E-state index contributed by atoms with van der Waals surface area (Å²) in [5.74, 6) is 0. The predicted molar refractivity (Wildman–Crippen MR) is 86.8 cm³/mol. The Hall–Kier alpha value is -0.780. The monoisotopic (exact) mass is 260 g/mol. The summed E-state index contributed by atoms with van der Waals surface area (Å²) < 4.78 is 0. The molecular formula is C19H32. The summed E-state index contributed by atoms with van der Waals surface area (Å²) in [6.07, 6.45) is 14.0. The summed E-state index contributed by atoms with van der Waals surface area (Å²) in [6, 6.07) is 6.72. The normalized spacial score (nSPS) is 10.9. The van der Waals surface area contributed by atoms with Gasteiger partial charge in [-0.2, -0.15) is 0 Å². The average Bonchev–Trinajstić information content (AvgIpc) is 2.41. The van der Waals surface area contributed by atoms with Gasteiger partial charge >= 0.3 is 0 Å². The minimum absolute atomic E-state index is 1.27. The van der Waals surface area contributed by atoms with Crippen LogP contribution in [-0.4, -0.2) is 0 Å². The quantitative estimate of drug-likeness (QED) is 0.428. The van der Waals surface area contributed by atoms with Crippen molar-refractivity contribution in [2.45, 2.75) is 85.0 Å². The maximum absolute atomic E-state index is 2.30. The van der Waals surface area contributed by atoms with Gasteiger partial charge in [0.2, 0.25) is 0 Å². The number of hydrogen-bond donors (Lipinski definition) is 0. The van der Waals surface area contributed by atoms with Crippen molar-refractivity contribution in [3.63, 3.8) is 0 Å². The van der Waals surface area contributed by atoms with E-state index in [-0.39, 0.29) is 0 Å². The first-order valence-corrected chi connectivity index (χ1v) is 8.30. The van der Waals surface area contributed by atoms with Gasteiger partial charge < -0.3 is 0 Å². The van der Waals surface area contributed by atoms with Gasteiger partial charge in [-0.1, -0.05) is 76.5 Å². The summed E-state index contributed by atoms with van der Waals surface area (Å²) in [7, 11) is 0. The molecule has 0 aromatic heterocycles. The molecule has 0 bridgehead atoms. The lowest BCUT2D eigenvalue weighted by Gasteiger charge is -2.08. The molecule has 0 heterocycles. The molecule has 0 N–H and O–H groups in total. The fourth-order valence-electron chi connectivity index (χ4n) is 2.71. The highest BCUT2D eigenvalue weighted by Crippen LogP contribution is 2.16. The van der Waals surface area contributed by atoms with Crippen molar-refractivity contribution >= 4 is 0 Å². The molecule has 1 aromatic carbocycles. The average molecular weight is 260 g/mol. The summed E-state index contributed by atoms with van der Waals surface area (Å²) in [5, 5.41) is 0. The molecule has 0 atom stereocenters. The molecule has 19 heavy (non-hydrogen) atoms. The van der Waals surface area contributed by atoms with Gasteiger partial charge in [0.25, 0.3) is 0 Å². The number of aryl methyl sites for hydroxylation is 2. The maximum Gasteiger partial charge on any atom is -0.0276 e. The van der Waals surface area contributed by atoms with Crippen LogP contribution in [0.1, 0.15) is 81.4 Å². The highest BCUT2D eigenvalue weighted by atomic mass is 14.1. The lowest BCUT2D eigenvalue weighted by atomic mass is 9.98. The molecule has 0 aliphatic heterocycles. The maximum atomic E-state index is 2.30. The third-order valence-corrected chi connectivity index (χ3v) is 4.27. The minimum Gasteiger partial charge on any atom is -0.0654 e. The Balaban J connectivity index is 2.03. The van der Waals surface area contributed by atoms with Crippen molar-refractivity contribution < 1.29 is 0 Å². The van der Waals surface area contributed by atoms with Gasteiger partial charge in [-0.3, -0.25) is 0 Å². The zero-order chi connectivity index (χ0) is 13.9. The van der Waals surface area contributed by atoms with E-state index in [4.69, 9.17) is 0 Å². The van der Waals surface area contributed by atoms with Crippen molar-refractivity contribution in [2.24, 2.45) is 0 Å². The molecular weight excluding hydrogens is 228 g/mol. The van der Waals surface area contributed by atoms with Gasteiger partial charge in [-0.15, -0.1) is 0 Å². The topological polar surface area (TPSA) is 0 Å². The lowest BCUT2D eigenvalue weighted by molar-refractivity contribution is 0.564. The molecule has 1 aromatic rings. The first kappa shape index (κ1) is 16.3. The second kappa shape index (κ2) is 10.1. The Kier molecular flexibility index (Phi) is 8.62. The van der Waals surface area contributed by atoms with E-state index in [2.05, 4.69) is 39.0 Å². The van der Waals surface area contributed by atoms with Crippen LogP contribution in [0.4, 0.5) is 0 Å². The van der Waals surface area contributed by atoms with E-state index in [1.165, 1.54) is 75.3 Å². The molecule has 0 unspecified atom stereocenters. The van der Waals surface area contributed by atoms with Crippen molar-refractivity contribution in [2.75, 3.05) is 0 Å². The molecule has 0 saturated carbocycles. The van der Waals surface area contributed by atoms with Gasteiger partial charge in [-0.25, -0.2) is 0 Å². The van der Waals surface area contributed by atoms with Crippen molar-refractivity contribution in [1.29, 1.82) is 0 Å². The van der Waals surface area contributed by atoms with E-state index in [0.29, 0.717) is 0 Å². The SMILES string of the molecule is CCCCCCCCCCCc1cccc(C)c1C. The van der Waals surface area contributed by atoms with Crippen LogP contribution in [0, 0.1) is 13.8 Å². The molecule has 0 nitrogen and oxygen atoms in total. The molecule has 0 saturated heterocycles. The molecule has 0 amide bonds. The van der Waals surface area contributed by atoms with Crippen LogP contribution in [0.3, 0.4) is 0 Å². The Morgan fingerprint density at radius 1 is 0.737 bits per heavy atom. The minimum atomic E-state index is 1.27. The fourth-order valence-corrected chi connectivity index (χ4v) is 2.71. The summed E-state index contributed by atoms with van der Waals surface area (Å²) in [6.45, 7) is 6.76. The first-order valence-electron chi connectivity index (χ1n) is 8.30. The molecule has 0 aliphatic rings. The zero-order valence-corrected chi connectivity index (χ0v) is 13.3. The molecule has 0 heteroatoms. The Labute approximate surface area is 120 Å². The third kappa shape index (κ3) is 6.80. The highest BCUT2D eigenvalue weighted by molar-refractivity contribution is 5.33. The molecule has 108 valence electrons. The van der Waals surface area contributed by atoms with Gasteiger partial charge in [0.05, 0.1) is 0 Å². The van der Waals surface area contributed by atoms with E-state index >= 15 is 0 Å². The fraction of sp³-hybridized carbons (Fsp3) is 0.684. The standard InChI is InChI=1S/C19H32/c1-4-5-6-7-8-9-10-11-12-15-19-16-13-14-17(2)18(19)3/h13-14,16H,4-12,15H2,1-3H3. The van der Waals surface area contributed by atoms with Crippen LogP contribution in [-0.2, 0) is 6.42 Å². The van der Waals surface area contributed by atoms with Crippen LogP contribution in [0.25, 0.3) is 0 Å². The van der Waals surface area contributed by atoms with E-state index in [9.17, 15) is 0 Å². The Morgan fingerprint density at radius 2 is 1.32 bits per heavy atom. The van der Waals surface area contributed by atoms with Crippen LogP contribution < -0.4 is 0 Å². The van der Waals surface area contributed by atoms with Gasteiger partial charge in [0, 0.05) is 0 Å². The number of rotatable bonds is 10. The number of benzene rings is 1. The first-order chi connectivity index (χ1) is 9.25. The van der Waals surface area contributed by atoms with Crippen LogP contribution in [0.2, 0.25) is 0 Å². The summed E-state index contributed by atoms with van der Waals surface area (Å²) >= 11 is 0. The summed E-state index contributed by atoms with van der Waals surface area (Å²) in [4.78, 5) is 0. The Morgan fingerprint density at radius 3 is 1.95 bits per heavy atom. The second-order valence-corrected chi connectivity index (χ2v) is 5.94. The predicted octanol–water partition coefficient (Wildman–Crippen LogP) is 6.38. The summed E-state index contributed by atoms with van der Waals surface area (Å²) in [5.41, 5.74) is 4.50. The zero-order valence-electron chi connectivity index (χ0n) is 13.3. The van der Waals surface area contributed by atoms with E-state index in [1.54, 1.807) is 5.56 Å². The van der Waals surface area contributed by atoms with Gasteiger partial charge in [-0.05, 0) is 43.4 Å². The van der Waals surface area contributed by atoms with Crippen molar-refractivity contribution in [1.82, 2.24) is 0 Å². The largest absolute Gasteiger partial charge is 0.0654 e. The van der Waals surface area contributed by atoms with Crippen LogP contribution in [0.5, 0.6) is 0 Å². The molecule has 0 aliphatic carbocycles. The van der Waals surface area contributed by atoms with Gasteiger partial charge in [0.15, 0.2) is 0 Å². The molecule has 0 spiro atoms. The lowest BCUT2D eigenvalue weighted by Crippen LogP contribution is -1.92. The van der Waals surface area contributed by atoms with E-state index in [0.717, 1.165) is 0 Å². The highest BCUT2D eigenvalue weighted by Gasteiger charge is 2.00. The number of hydrogen-bond acceptors (Lipinski definition) is 0. The van der Waals surface area contributed by atoms with Crippen molar-refractivity contribution in [3.8, 4) is 0 Å². The molecule has 1 rings (SSSR count). The second-order valence-electron chi connectivity index (χ2n) is 5.94. The number of unbranched alkanes of at least 4 members (excludes halogenated alkanes) is 8. The van der Waals surface area contributed by atoms with E-state index < -0.39 is 0 Å². The van der Waals surface area contributed by atoms with Gasteiger partial charge in [0.1, 0.15) is 0 Å². The smallest absolute Gasteiger partial charge is 0.0276 e. The molecule has 0 radical (unpaired) electrons. The van der Waals surface area contributed by atoms with Crippen molar-refractivity contribution in [3.05, 3.63) is 34.9 Å². The van der Waals surface area contributed by atoms with Crippen LogP contribution in [0.15, 0.2) is 18.2 Å². The molecule has 0 fully saturated rings. The Bertz CT molecular complexity index is 338. The van der Waals surface area contributed by atoms with Crippen LogP contribution >= 0.6 is 0 Å².